The van der Waals surface area contributed by atoms with E-state index in [2.05, 4.69) is 29.2 Å². The summed E-state index contributed by atoms with van der Waals surface area (Å²) in [5, 5.41) is 0. The Morgan fingerprint density at radius 1 is 1.33 bits per heavy atom. The van der Waals surface area contributed by atoms with Crippen molar-refractivity contribution in [3.63, 3.8) is 0 Å². The normalized spacial score (nSPS) is 17.8. The van der Waals surface area contributed by atoms with Gasteiger partial charge in [0.25, 0.3) is 0 Å². The summed E-state index contributed by atoms with van der Waals surface area (Å²) in [5.41, 5.74) is 2.25. The van der Waals surface area contributed by atoms with Crippen LogP contribution in [-0.2, 0) is 16.1 Å². The van der Waals surface area contributed by atoms with Gasteiger partial charge in [-0.2, -0.15) is 0 Å². The van der Waals surface area contributed by atoms with Crippen molar-refractivity contribution in [1.29, 1.82) is 0 Å². The minimum Gasteiger partial charge on any atom is -0.378 e. The third-order valence-electron chi connectivity index (χ3n) is 3.74. The molecule has 116 valence electrons. The Bertz CT molecular complexity index is 456. The second-order valence-corrected chi connectivity index (χ2v) is 5.87. The fourth-order valence-corrected chi connectivity index (χ4v) is 2.66. The number of carbonyl (C=O) groups is 1. The molecule has 0 aliphatic carbocycles. The highest BCUT2D eigenvalue weighted by molar-refractivity contribution is 6.27. The lowest BCUT2D eigenvalue weighted by atomic mass is 10.1. The first-order valence-corrected chi connectivity index (χ1v) is 7.85. The number of amides is 1. The van der Waals surface area contributed by atoms with Crippen LogP contribution in [0.2, 0.25) is 0 Å². The molecule has 0 bridgehead atoms. The highest BCUT2D eigenvalue weighted by atomic mass is 35.5. The van der Waals surface area contributed by atoms with Gasteiger partial charge in [-0.25, -0.2) is 0 Å². The van der Waals surface area contributed by atoms with Crippen molar-refractivity contribution in [1.82, 2.24) is 4.90 Å². The maximum Gasteiger partial charge on any atom is 0.237 e. The van der Waals surface area contributed by atoms with E-state index in [0.29, 0.717) is 13.1 Å². The summed E-state index contributed by atoms with van der Waals surface area (Å²) >= 11 is 5.73. The summed E-state index contributed by atoms with van der Waals surface area (Å²) in [4.78, 5) is 15.9. The summed E-state index contributed by atoms with van der Waals surface area (Å²) in [6.07, 6.45) is 2.25. The van der Waals surface area contributed by atoms with E-state index >= 15 is 0 Å². The molecule has 2 rings (SSSR count). The minimum absolute atomic E-state index is 0.0164. The van der Waals surface area contributed by atoms with Gasteiger partial charge in [0, 0.05) is 39.5 Å². The van der Waals surface area contributed by atoms with E-state index in [0.717, 1.165) is 30.7 Å². The van der Waals surface area contributed by atoms with Gasteiger partial charge in [-0.15, -0.1) is 11.6 Å². The summed E-state index contributed by atoms with van der Waals surface area (Å²) in [6.45, 7) is 2.01. The monoisotopic (exact) mass is 310 g/mol. The Morgan fingerprint density at radius 2 is 2.05 bits per heavy atom. The highest BCUT2D eigenvalue weighted by Gasteiger charge is 2.22. The molecular weight excluding hydrogens is 288 g/mol. The Morgan fingerprint density at radius 3 is 2.57 bits per heavy atom. The summed E-state index contributed by atoms with van der Waals surface area (Å²) in [7, 11) is 4.02. The molecule has 1 aromatic carbocycles. The van der Waals surface area contributed by atoms with Crippen LogP contribution in [0, 0.1) is 0 Å². The third-order valence-corrected chi connectivity index (χ3v) is 3.97. The van der Waals surface area contributed by atoms with Crippen molar-refractivity contribution in [3.8, 4) is 0 Å². The van der Waals surface area contributed by atoms with E-state index < -0.39 is 0 Å². The molecule has 4 nitrogen and oxygen atoms in total. The zero-order chi connectivity index (χ0) is 15.2. The molecule has 1 aromatic rings. The first kappa shape index (κ1) is 16.1. The lowest BCUT2D eigenvalue weighted by Crippen LogP contribution is -2.37. The first-order valence-electron chi connectivity index (χ1n) is 7.31. The van der Waals surface area contributed by atoms with Gasteiger partial charge in [-0.3, -0.25) is 4.79 Å². The van der Waals surface area contributed by atoms with Crippen molar-refractivity contribution in [2.24, 2.45) is 0 Å². The molecule has 1 aliphatic heterocycles. The smallest absolute Gasteiger partial charge is 0.237 e. The average molecular weight is 311 g/mol. The second kappa shape index (κ2) is 7.66. The van der Waals surface area contributed by atoms with Crippen LogP contribution >= 0.6 is 11.6 Å². The molecule has 1 aliphatic rings. The van der Waals surface area contributed by atoms with E-state index in [4.69, 9.17) is 16.3 Å². The number of benzene rings is 1. The van der Waals surface area contributed by atoms with Crippen LogP contribution in [-0.4, -0.2) is 50.0 Å². The van der Waals surface area contributed by atoms with Gasteiger partial charge in [0.05, 0.1) is 6.10 Å². The van der Waals surface area contributed by atoms with Crippen molar-refractivity contribution in [2.75, 3.05) is 38.0 Å². The number of halogens is 1. The minimum atomic E-state index is -0.0381. The topological polar surface area (TPSA) is 32.8 Å². The fourth-order valence-electron chi connectivity index (χ4n) is 2.49. The Kier molecular flexibility index (Phi) is 5.88. The maximum atomic E-state index is 12.0. The van der Waals surface area contributed by atoms with E-state index in [9.17, 15) is 4.79 Å². The molecule has 0 N–H and O–H groups in total. The number of ether oxygens (including phenoxy) is 1. The van der Waals surface area contributed by atoms with Crippen LogP contribution in [0.3, 0.4) is 0 Å². The Hall–Kier alpha value is -1.26. The quantitative estimate of drug-likeness (QED) is 0.757. The number of hydrogen-bond donors (Lipinski definition) is 0. The van der Waals surface area contributed by atoms with Gasteiger partial charge < -0.3 is 14.5 Å². The Labute approximate surface area is 131 Å². The van der Waals surface area contributed by atoms with Crippen LogP contribution in [0.25, 0.3) is 0 Å². The van der Waals surface area contributed by atoms with Gasteiger partial charge in [-0.05, 0) is 30.5 Å². The van der Waals surface area contributed by atoms with Crippen LogP contribution in [0.15, 0.2) is 24.3 Å². The molecule has 1 atom stereocenters. The molecule has 1 saturated heterocycles. The second-order valence-electron chi connectivity index (χ2n) is 5.60. The number of hydrogen-bond acceptors (Lipinski definition) is 3. The van der Waals surface area contributed by atoms with E-state index in [-0.39, 0.29) is 17.9 Å². The fraction of sp³-hybridized carbons (Fsp3) is 0.562. The predicted octanol–water partition coefficient (Wildman–Crippen LogP) is 2.50. The third kappa shape index (κ3) is 4.61. The van der Waals surface area contributed by atoms with Crippen molar-refractivity contribution in [3.05, 3.63) is 29.8 Å². The van der Waals surface area contributed by atoms with Crippen molar-refractivity contribution < 1.29 is 9.53 Å². The van der Waals surface area contributed by atoms with Crippen molar-refractivity contribution in [2.45, 2.75) is 25.5 Å². The molecular formula is C16H23ClN2O2. The van der Waals surface area contributed by atoms with Gasteiger partial charge in [0.1, 0.15) is 5.88 Å². The van der Waals surface area contributed by atoms with Crippen molar-refractivity contribution >= 4 is 23.2 Å². The average Bonchev–Trinajstić information content (AvgIpc) is 2.99. The molecule has 0 unspecified atom stereocenters. The molecule has 5 heteroatoms. The van der Waals surface area contributed by atoms with Crippen LogP contribution in [0.1, 0.15) is 18.4 Å². The zero-order valence-electron chi connectivity index (χ0n) is 12.7. The lowest BCUT2D eigenvalue weighted by Gasteiger charge is -2.25. The van der Waals surface area contributed by atoms with E-state index in [1.54, 1.807) is 4.90 Å². The number of nitrogens with zero attached hydrogens (tertiary/aromatic N) is 2. The number of alkyl halides is 1. The highest BCUT2D eigenvalue weighted by Crippen LogP contribution is 2.17. The van der Waals surface area contributed by atoms with Gasteiger partial charge >= 0.3 is 0 Å². The summed E-state index contributed by atoms with van der Waals surface area (Å²) < 4.78 is 5.62. The summed E-state index contributed by atoms with van der Waals surface area (Å²) in [6, 6.07) is 8.23. The van der Waals surface area contributed by atoms with E-state index in [1.165, 1.54) is 0 Å². The standard InChI is InChI=1S/C16H23ClN2O2/c1-18(2)14-7-5-13(6-8-14)11-19(16(20)10-17)12-15-4-3-9-21-15/h5-8,15H,3-4,9-12H2,1-2H3/t15-/m1/s1. The molecule has 0 saturated carbocycles. The summed E-state index contributed by atoms with van der Waals surface area (Å²) in [5.74, 6) is -0.0217. The number of anilines is 1. The zero-order valence-corrected chi connectivity index (χ0v) is 13.5. The van der Waals surface area contributed by atoms with Gasteiger partial charge in [0.2, 0.25) is 5.91 Å². The van der Waals surface area contributed by atoms with Crippen LogP contribution < -0.4 is 4.90 Å². The predicted molar refractivity (Wildman–Crippen MR) is 85.9 cm³/mol. The molecule has 21 heavy (non-hydrogen) atoms. The largest absolute Gasteiger partial charge is 0.378 e. The number of rotatable bonds is 6. The molecule has 1 heterocycles. The molecule has 0 radical (unpaired) electrons. The molecule has 1 amide bonds. The van der Waals surface area contributed by atoms with E-state index in [1.807, 2.05) is 14.1 Å². The van der Waals surface area contributed by atoms with Crippen LogP contribution in [0.5, 0.6) is 0 Å². The van der Waals surface area contributed by atoms with Gasteiger partial charge in [-0.1, -0.05) is 12.1 Å². The van der Waals surface area contributed by atoms with Gasteiger partial charge in [0.15, 0.2) is 0 Å². The lowest BCUT2D eigenvalue weighted by molar-refractivity contribution is -0.130. The molecule has 0 spiro atoms. The van der Waals surface area contributed by atoms with Crippen LogP contribution in [0.4, 0.5) is 5.69 Å². The molecule has 1 fully saturated rings. The molecule has 0 aromatic heterocycles. The Balaban J connectivity index is 2.01. The number of carbonyl (C=O) groups excluding carboxylic acids is 1. The maximum absolute atomic E-state index is 12.0. The first-order chi connectivity index (χ1) is 10.1. The SMILES string of the molecule is CN(C)c1ccc(CN(C[C@H]2CCCO2)C(=O)CCl)cc1.